The maximum atomic E-state index is 12.2. The summed E-state index contributed by atoms with van der Waals surface area (Å²) >= 11 is 0. The van der Waals surface area contributed by atoms with E-state index in [1.54, 1.807) is 19.2 Å². The predicted molar refractivity (Wildman–Crippen MR) is 140 cm³/mol. The third-order valence-corrected chi connectivity index (χ3v) is 6.88. The number of hydrogen-bond donors (Lipinski definition) is 0. The maximum Gasteiger partial charge on any atom is 0.338 e. The van der Waals surface area contributed by atoms with Crippen molar-refractivity contribution in [2.24, 2.45) is 5.92 Å². The van der Waals surface area contributed by atoms with E-state index in [1.807, 2.05) is 47.7 Å². The average Bonchev–Trinajstić information content (AvgIpc) is 3.61. The largest absolute Gasteiger partial charge is 0.482 e. The Kier molecular flexibility index (Phi) is 5.79. The first-order chi connectivity index (χ1) is 18.1. The molecule has 4 aromatic heterocycles. The zero-order valence-corrected chi connectivity index (χ0v) is 21.1. The van der Waals surface area contributed by atoms with Crippen molar-refractivity contribution >= 4 is 22.6 Å². The Labute approximate surface area is 214 Å². The highest BCUT2D eigenvalue weighted by molar-refractivity contribution is 5.91. The Hall–Kier alpha value is -4.33. The average molecular weight is 497 g/mol. The maximum absolute atomic E-state index is 12.2. The van der Waals surface area contributed by atoms with Crippen LogP contribution < -0.4 is 9.47 Å². The first-order valence-corrected chi connectivity index (χ1v) is 12.4. The standard InChI is InChI=1S/C29H28N4O4/c1-18-27(30-24-14-22(29(34)36-3)15-26(35-2)33(18)24)23-13-21-11-12-25(37-17-20-7-5-4-6-8-20)31-28(21)32(23)16-19-9-10-19/h4-8,11-15,19H,9-10,16-17H2,1-3H3. The topological polar surface area (TPSA) is 79.9 Å². The van der Waals surface area contributed by atoms with E-state index in [2.05, 4.69) is 16.7 Å². The fourth-order valence-electron chi connectivity index (χ4n) is 4.77. The Bertz CT molecular complexity index is 1620. The molecule has 0 unspecified atom stereocenters. The first-order valence-electron chi connectivity index (χ1n) is 12.4. The number of fused-ring (bicyclic) bond motifs is 2. The van der Waals surface area contributed by atoms with E-state index in [4.69, 9.17) is 24.2 Å². The molecule has 0 saturated heterocycles. The van der Waals surface area contributed by atoms with Crippen molar-refractivity contribution < 1.29 is 19.0 Å². The van der Waals surface area contributed by atoms with Crippen molar-refractivity contribution in [3.63, 3.8) is 0 Å². The molecule has 0 N–H and O–H groups in total. The van der Waals surface area contributed by atoms with Gasteiger partial charge in [0.2, 0.25) is 5.88 Å². The smallest absolute Gasteiger partial charge is 0.338 e. The number of imidazole rings is 1. The van der Waals surface area contributed by atoms with Gasteiger partial charge in [-0.15, -0.1) is 0 Å². The van der Waals surface area contributed by atoms with Crippen molar-refractivity contribution in [2.75, 3.05) is 14.2 Å². The number of rotatable bonds is 8. The van der Waals surface area contributed by atoms with Crippen LogP contribution >= 0.6 is 0 Å². The van der Waals surface area contributed by atoms with Crippen LogP contribution in [0.3, 0.4) is 0 Å². The number of aromatic nitrogens is 4. The molecule has 1 fully saturated rings. The van der Waals surface area contributed by atoms with Gasteiger partial charge in [-0.2, -0.15) is 4.98 Å². The molecule has 0 bridgehead atoms. The third kappa shape index (κ3) is 4.28. The molecule has 4 heterocycles. The zero-order chi connectivity index (χ0) is 25.5. The Balaban J connectivity index is 1.45. The minimum atomic E-state index is -0.432. The molecule has 1 aromatic carbocycles. The van der Waals surface area contributed by atoms with Gasteiger partial charge in [0.15, 0.2) is 5.88 Å². The van der Waals surface area contributed by atoms with Crippen molar-refractivity contribution in [2.45, 2.75) is 32.9 Å². The summed E-state index contributed by atoms with van der Waals surface area (Å²) in [6, 6.07) is 19.6. The molecular formula is C29H28N4O4. The molecule has 6 rings (SSSR count). The Morgan fingerprint density at radius 3 is 2.57 bits per heavy atom. The van der Waals surface area contributed by atoms with Crippen LogP contribution in [0.2, 0.25) is 0 Å². The molecule has 8 nitrogen and oxygen atoms in total. The van der Waals surface area contributed by atoms with E-state index in [9.17, 15) is 4.79 Å². The Morgan fingerprint density at radius 1 is 1.03 bits per heavy atom. The van der Waals surface area contributed by atoms with Gasteiger partial charge >= 0.3 is 5.97 Å². The summed E-state index contributed by atoms with van der Waals surface area (Å²) in [5.41, 5.74) is 5.72. The highest BCUT2D eigenvalue weighted by atomic mass is 16.5. The molecule has 0 aliphatic heterocycles. The lowest BCUT2D eigenvalue weighted by Crippen LogP contribution is -2.05. The van der Waals surface area contributed by atoms with Gasteiger partial charge in [-0.05, 0) is 49.4 Å². The summed E-state index contributed by atoms with van der Waals surface area (Å²) in [6.45, 7) is 3.34. The molecule has 1 saturated carbocycles. The number of ether oxygens (including phenoxy) is 3. The number of carbonyl (C=O) groups excluding carboxylic acids is 1. The number of pyridine rings is 2. The molecule has 1 aliphatic rings. The lowest BCUT2D eigenvalue weighted by Gasteiger charge is -2.11. The first kappa shape index (κ1) is 23.1. The van der Waals surface area contributed by atoms with Crippen molar-refractivity contribution in [3.8, 4) is 23.1 Å². The number of nitrogens with zero attached hydrogens (tertiary/aromatic N) is 4. The predicted octanol–water partition coefficient (Wildman–Crippen LogP) is 5.44. The van der Waals surface area contributed by atoms with Gasteiger partial charge in [-0.1, -0.05) is 30.3 Å². The lowest BCUT2D eigenvalue weighted by atomic mass is 10.2. The van der Waals surface area contributed by atoms with Crippen LogP contribution in [-0.4, -0.2) is 39.1 Å². The molecule has 0 radical (unpaired) electrons. The number of hydrogen-bond acceptors (Lipinski definition) is 6. The van der Waals surface area contributed by atoms with Gasteiger partial charge in [0.05, 0.1) is 31.2 Å². The second-order valence-electron chi connectivity index (χ2n) is 9.44. The molecule has 0 amide bonds. The lowest BCUT2D eigenvalue weighted by molar-refractivity contribution is 0.0600. The van der Waals surface area contributed by atoms with Crippen molar-refractivity contribution in [1.82, 2.24) is 18.9 Å². The number of carbonyl (C=O) groups is 1. The molecule has 0 atom stereocenters. The third-order valence-electron chi connectivity index (χ3n) is 6.88. The van der Waals surface area contributed by atoms with Gasteiger partial charge in [-0.3, -0.25) is 4.40 Å². The van der Waals surface area contributed by atoms with Crippen LogP contribution in [-0.2, 0) is 17.9 Å². The highest BCUT2D eigenvalue weighted by Gasteiger charge is 2.27. The van der Waals surface area contributed by atoms with E-state index in [1.165, 1.54) is 20.0 Å². The molecule has 188 valence electrons. The van der Waals surface area contributed by atoms with E-state index in [0.29, 0.717) is 35.5 Å². The quantitative estimate of drug-likeness (QED) is 0.266. The monoisotopic (exact) mass is 496 g/mol. The van der Waals surface area contributed by atoms with E-state index in [-0.39, 0.29) is 0 Å². The minimum absolute atomic E-state index is 0.392. The van der Waals surface area contributed by atoms with E-state index in [0.717, 1.165) is 40.2 Å². The summed E-state index contributed by atoms with van der Waals surface area (Å²) in [7, 11) is 2.95. The number of methoxy groups -OCH3 is 2. The van der Waals surface area contributed by atoms with E-state index >= 15 is 0 Å². The Morgan fingerprint density at radius 2 is 1.84 bits per heavy atom. The highest BCUT2D eigenvalue weighted by Crippen LogP contribution is 2.37. The van der Waals surface area contributed by atoms with Crippen molar-refractivity contribution in [1.29, 1.82) is 0 Å². The fraction of sp³-hybridized carbons (Fsp3) is 0.276. The van der Waals surface area contributed by atoms with Crippen LogP contribution in [0.4, 0.5) is 0 Å². The van der Waals surface area contributed by atoms with Gasteiger partial charge in [0, 0.05) is 24.1 Å². The zero-order valence-electron chi connectivity index (χ0n) is 21.1. The molecular weight excluding hydrogens is 468 g/mol. The number of esters is 1. The molecule has 0 spiro atoms. The summed E-state index contributed by atoms with van der Waals surface area (Å²) in [5, 5.41) is 1.03. The summed E-state index contributed by atoms with van der Waals surface area (Å²) in [5.74, 6) is 1.31. The van der Waals surface area contributed by atoms with Crippen LogP contribution in [0.15, 0.2) is 60.7 Å². The van der Waals surface area contributed by atoms with Crippen LogP contribution in [0.1, 0.15) is 34.5 Å². The minimum Gasteiger partial charge on any atom is -0.482 e. The molecule has 37 heavy (non-hydrogen) atoms. The van der Waals surface area contributed by atoms with Crippen LogP contribution in [0.5, 0.6) is 11.8 Å². The summed E-state index contributed by atoms with van der Waals surface area (Å²) < 4.78 is 20.7. The van der Waals surface area contributed by atoms with Gasteiger partial charge in [0.25, 0.3) is 0 Å². The van der Waals surface area contributed by atoms with Gasteiger partial charge in [-0.25, -0.2) is 9.78 Å². The molecule has 5 aromatic rings. The number of aryl methyl sites for hydroxylation is 1. The summed E-state index contributed by atoms with van der Waals surface area (Å²) in [4.78, 5) is 22.1. The number of benzene rings is 1. The van der Waals surface area contributed by atoms with Gasteiger partial charge < -0.3 is 18.8 Å². The molecule has 1 aliphatic carbocycles. The normalized spacial score (nSPS) is 13.3. The molecule has 8 heteroatoms. The van der Waals surface area contributed by atoms with Crippen molar-refractivity contribution in [3.05, 3.63) is 77.5 Å². The van der Waals surface area contributed by atoms with E-state index < -0.39 is 5.97 Å². The van der Waals surface area contributed by atoms with Crippen LogP contribution in [0, 0.1) is 12.8 Å². The summed E-state index contributed by atoms with van der Waals surface area (Å²) in [6.07, 6.45) is 2.42. The fourth-order valence-corrected chi connectivity index (χ4v) is 4.77. The second kappa shape index (κ2) is 9.28. The van der Waals surface area contributed by atoms with Gasteiger partial charge in [0.1, 0.15) is 23.6 Å². The SMILES string of the molecule is COC(=O)c1cc(OC)n2c(C)c(-c3cc4ccc(OCc5ccccc5)nc4n3CC3CC3)nc2c1. The van der Waals surface area contributed by atoms with Crippen LogP contribution in [0.25, 0.3) is 28.1 Å². The second-order valence-corrected chi connectivity index (χ2v) is 9.44.